The Hall–Kier alpha value is -1.50. The molecule has 17 heavy (non-hydrogen) atoms. The topological polar surface area (TPSA) is 42.0 Å². The molecule has 0 saturated heterocycles. The smallest absolute Gasteiger partial charge is 0.259 e. The first kappa shape index (κ1) is 12.0. The molecule has 3 nitrogen and oxygen atoms in total. The summed E-state index contributed by atoms with van der Waals surface area (Å²) in [7, 11) is 0. The number of amides is 1. The van der Waals surface area contributed by atoms with Crippen molar-refractivity contribution in [1.82, 2.24) is 4.98 Å². The fourth-order valence-corrected chi connectivity index (χ4v) is 2.05. The molecule has 2 rings (SSSR count). The third-order valence-electron chi connectivity index (χ3n) is 2.13. The quantitative estimate of drug-likeness (QED) is 0.853. The molecule has 1 aromatic carbocycles. The van der Waals surface area contributed by atoms with Crippen molar-refractivity contribution in [1.29, 1.82) is 0 Å². The SMILES string of the molecule is O=C(Nc1ccncc1)c1c(F)cccc1I. The van der Waals surface area contributed by atoms with Crippen molar-refractivity contribution in [3.8, 4) is 0 Å². The number of nitrogens with zero attached hydrogens (tertiary/aromatic N) is 1. The van der Waals surface area contributed by atoms with E-state index in [4.69, 9.17) is 0 Å². The van der Waals surface area contributed by atoms with Gasteiger partial charge >= 0.3 is 0 Å². The van der Waals surface area contributed by atoms with Gasteiger partial charge in [0.15, 0.2) is 0 Å². The number of hydrogen-bond donors (Lipinski definition) is 1. The third-order valence-corrected chi connectivity index (χ3v) is 3.03. The standard InChI is InChI=1S/C12H8FIN2O/c13-9-2-1-3-10(14)11(9)12(17)16-8-4-6-15-7-5-8/h1-7H,(H,15,16,17). The summed E-state index contributed by atoms with van der Waals surface area (Å²) < 4.78 is 14.1. The maximum Gasteiger partial charge on any atom is 0.259 e. The summed E-state index contributed by atoms with van der Waals surface area (Å²) in [5.74, 6) is -0.984. The summed E-state index contributed by atoms with van der Waals surface area (Å²) in [4.78, 5) is 15.7. The summed E-state index contributed by atoms with van der Waals surface area (Å²) in [6, 6.07) is 7.81. The van der Waals surface area contributed by atoms with E-state index in [-0.39, 0.29) is 5.56 Å². The van der Waals surface area contributed by atoms with Gasteiger partial charge in [-0.25, -0.2) is 4.39 Å². The van der Waals surface area contributed by atoms with E-state index in [9.17, 15) is 9.18 Å². The number of carbonyl (C=O) groups is 1. The van der Waals surface area contributed by atoms with Gasteiger partial charge in [-0.05, 0) is 46.9 Å². The lowest BCUT2D eigenvalue weighted by atomic mass is 10.2. The number of pyridine rings is 1. The van der Waals surface area contributed by atoms with Gasteiger partial charge in [-0.3, -0.25) is 9.78 Å². The van der Waals surface area contributed by atoms with E-state index in [2.05, 4.69) is 10.3 Å². The van der Waals surface area contributed by atoms with Gasteiger partial charge in [0, 0.05) is 21.7 Å². The molecule has 0 atom stereocenters. The number of anilines is 1. The van der Waals surface area contributed by atoms with Crippen LogP contribution in [0.15, 0.2) is 42.7 Å². The molecule has 86 valence electrons. The van der Waals surface area contributed by atoms with E-state index in [0.717, 1.165) is 0 Å². The Morgan fingerprint density at radius 3 is 2.59 bits per heavy atom. The van der Waals surface area contributed by atoms with Crippen molar-refractivity contribution in [2.45, 2.75) is 0 Å². The average molecular weight is 342 g/mol. The minimum Gasteiger partial charge on any atom is -0.322 e. The zero-order valence-corrected chi connectivity index (χ0v) is 10.8. The minimum absolute atomic E-state index is 0.0601. The van der Waals surface area contributed by atoms with Crippen molar-refractivity contribution >= 4 is 34.2 Å². The van der Waals surface area contributed by atoms with Crippen LogP contribution in [-0.2, 0) is 0 Å². The molecule has 0 radical (unpaired) electrons. The maximum atomic E-state index is 13.5. The van der Waals surface area contributed by atoms with E-state index in [1.54, 1.807) is 36.7 Å². The third kappa shape index (κ3) is 2.79. The molecule has 1 N–H and O–H groups in total. The fraction of sp³-hybridized carbons (Fsp3) is 0. The molecule has 0 unspecified atom stereocenters. The molecule has 0 saturated carbocycles. The Kier molecular flexibility index (Phi) is 3.68. The molecule has 0 aliphatic rings. The van der Waals surface area contributed by atoms with Crippen LogP contribution in [0.1, 0.15) is 10.4 Å². The molecule has 0 aliphatic heterocycles. The van der Waals surface area contributed by atoms with E-state index in [1.807, 2.05) is 22.6 Å². The van der Waals surface area contributed by atoms with Crippen LogP contribution >= 0.6 is 22.6 Å². The highest BCUT2D eigenvalue weighted by Gasteiger charge is 2.15. The predicted molar refractivity (Wildman–Crippen MR) is 71.3 cm³/mol. The number of benzene rings is 1. The zero-order valence-electron chi connectivity index (χ0n) is 8.65. The Morgan fingerprint density at radius 2 is 1.94 bits per heavy atom. The molecular formula is C12H8FIN2O. The van der Waals surface area contributed by atoms with Gasteiger partial charge in [0.05, 0.1) is 5.56 Å². The van der Waals surface area contributed by atoms with E-state index >= 15 is 0 Å². The first-order chi connectivity index (χ1) is 8.18. The van der Waals surface area contributed by atoms with Crippen molar-refractivity contribution in [3.63, 3.8) is 0 Å². The van der Waals surface area contributed by atoms with E-state index in [1.165, 1.54) is 6.07 Å². The van der Waals surface area contributed by atoms with Crippen LogP contribution in [0.25, 0.3) is 0 Å². The van der Waals surface area contributed by atoms with E-state index < -0.39 is 11.7 Å². The van der Waals surface area contributed by atoms with Crippen molar-refractivity contribution in [3.05, 3.63) is 57.7 Å². The van der Waals surface area contributed by atoms with Crippen LogP contribution in [-0.4, -0.2) is 10.9 Å². The van der Waals surface area contributed by atoms with Gasteiger partial charge in [0.2, 0.25) is 0 Å². The van der Waals surface area contributed by atoms with Crippen LogP contribution in [0, 0.1) is 9.39 Å². The van der Waals surface area contributed by atoms with Crippen LogP contribution in [0.2, 0.25) is 0 Å². The number of rotatable bonds is 2. The number of carbonyl (C=O) groups excluding carboxylic acids is 1. The van der Waals surface area contributed by atoms with Crippen molar-refractivity contribution in [2.24, 2.45) is 0 Å². The number of nitrogens with one attached hydrogen (secondary N) is 1. The summed E-state index contributed by atoms with van der Waals surface area (Å²) in [5, 5.41) is 2.62. The summed E-state index contributed by atoms with van der Waals surface area (Å²) in [6.07, 6.45) is 3.11. The van der Waals surface area contributed by atoms with Crippen molar-refractivity contribution < 1.29 is 9.18 Å². The van der Waals surface area contributed by atoms with Crippen molar-refractivity contribution in [2.75, 3.05) is 5.32 Å². The molecule has 1 heterocycles. The van der Waals surface area contributed by atoms with Crippen LogP contribution < -0.4 is 5.32 Å². The molecule has 2 aromatic rings. The Balaban J connectivity index is 2.27. The maximum absolute atomic E-state index is 13.5. The monoisotopic (exact) mass is 342 g/mol. The summed E-state index contributed by atoms with van der Waals surface area (Å²) in [6.45, 7) is 0. The van der Waals surface area contributed by atoms with E-state index in [0.29, 0.717) is 9.26 Å². The van der Waals surface area contributed by atoms with Crippen LogP contribution in [0.4, 0.5) is 10.1 Å². The highest BCUT2D eigenvalue weighted by Crippen LogP contribution is 2.17. The Bertz CT molecular complexity index is 525. The van der Waals surface area contributed by atoms with Gasteiger partial charge in [-0.15, -0.1) is 0 Å². The molecule has 0 aliphatic carbocycles. The molecule has 0 fully saturated rings. The lowest BCUT2D eigenvalue weighted by Crippen LogP contribution is -2.15. The molecule has 0 spiro atoms. The Morgan fingerprint density at radius 1 is 1.24 bits per heavy atom. The normalized spacial score (nSPS) is 10.0. The minimum atomic E-state index is -0.525. The van der Waals surface area contributed by atoms with Gasteiger partial charge in [0.25, 0.3) is 5.91 Å². The molecule has 1 aromatic heterocycles. The lowest BCUT2D eigenvalue weighted by Gasteiger charge is -2.07. The number of halogens is 2. The lowest BCUT2D eigenvalue weighted by molar-refractivity contribution is 0.102. The number of hydrogen-bond acceptors (Lipinski definition) is 2. The first-order valence-electron chi connectivity index (χ1n) is 4.84. The van der Waals surface area contributed by atoms with Gasteiger partial charge in [-0.2, -0.15) is 0 Å². The largest absolute Gasteiger partial charge is 0.322 e. The van der Waals surface area contributed by atoms with Crippen LogP contribution in [0.5, 0.6) is 0 Å². The highest BCUT2D eigenvalue weighted by atomic mass is 127. The first-order valence-corrected chi connectivity index (χ1v) is 5.92. The molecule has 5 heteroatoms. The molecule has 0 bridgehead atoms. The molecular weight excluding hydrogens is 334 g/mol. The van der Waals surface area contributed by atoms with Gasteiger partial charge in [-0.1, -0.05) is 6.07 Å². The molecule has 1 amide bonds. The Labute approximate surface area is 111 Å². The van der Waals surface area contributed by atoms with Gasteiger partial charge < -0.3 is 5.32 Å². The average Bonchev–Trinajstić information content (AvgIpc) is 2.30. The second-order valence-corrected chi connectivity index (χ2v) is 4.45. The van der Waals surface area contributed by atoms with Gasteiger partial charge in [0.1, 0.15) is 5.82 Å². The van der Waals surface area contributed by atoms with Crippen LogP contribution in [0.3, 0.4) is 0 Å². The second kappa shape index (κ2) is 5.22. The highest BCUT2D eigenvalue weighted by molar-refractivity contribution is 14.1. The predicted octanol–water partition coefficient (Wildman–Crippen LogP) is 3.08. The zero-order chi connectivity index (χ0) is 12.3. The number of aromatic nitrogens is 1. The summed E-state index contributed by atoms with van der Waals surface area (Å²) in [5.41, 5.74) is 0.647. The summed E-state index contributed by atoms with van der Waals surface area (Å²) >= 11 is 1.93. The fourth-order valence-electron chi connectivity index (χ4n) is 1.34. The second-order valence-electron chi connectivity index (χ2n) is 3.29.